The summed E-state index contributed by atoms with van der Waals surface area (Å²) in [5.41, 5.74) is 4.78. The van der Waals surface area contributed by atoms with Crippen molar-refractivity contribution in [2.75, 3.05) is 44.2 Å². The summed E-state index contributed by atoms with van der Waals surface area (Å²) in [5.74, 6) is 1.18. The standard InChI is InChI=1S/C27H39N3O2/c1-26(2)11-12-27(3,4)22-19-20(7-8-21(22)26)25-23(32)9-10-24(28-25)30-16-14-29(15-17-30)13-5-6-18-31/h7-10,19,31-32H,5-6,11-18H2,1-4H3. The summed E-state index contributed by atoms with van der Waals surface area (Å²) in [6.07, 6.45) is 4.28. The maximum atomic E-state index is 10.7. The van der Waals surface area contributed by atoms with E-state index in [0.29, 0.717) is 5.69 Å². The second-order valence-corrected chi connectivity index (χ2v) is 10.8. The van der Waals surface area contributed by atoms with Crippen molar-refractivity contribution in [3.05, 3.63) is 41.5 Å². The number of rotatable bonds is 6. The van der Waals surface area contributed by atoms with Gasteiger partial charge in [0, 0.05) is 38.3 Å². The molecular formula is C27H39N3O2. The number of aliphatic hydroxyl groups excluding tert-OH is 1. The van der Waals surface area contributed by atoms with E-state index < -0.39 is 0 Å². The summed E-state index contributed by atoms with van der Waals surface area (Å²) in [5, 5.41) is 19.7. The number of aromatic hydroxyl groups is 1. The van der Waals surface area contributed by atoms with Crippen LogP contribution in [0.4, 0.5) is 5.82 Å². The van der Waals surface area contributed by atoms with Crippen LogP contribution in [0.2, 0.25) is 0 Å². The lowest BCUT2D eigenvalue weighted by Crippen LogP contribution is -2.47. The Balaban J connectivity index is 1.57. The highest BCUT2D eigenvalue weighted by atomic mass is 16.3. The van der Waals surface area contributed by atoms with Crippen molar-refractivity contribution in [1.29, 1.82) is 0 Å². The Bertz CT molecular complexity index is 946. The predicted molar refractivity (Wildman–Crippen MR) is 132 cm³/mol. The molecule has 174 valence electrons. The zero-order valence-corrected chi connectivity index (χ0v) is 20.2. The van der Waals surface area contributed by atoms with Gasteiger partial charge in [0.05, 0.1) is 0 Å². The number of benzene rings is 1. The van der Waals surface area contributed by atoms with Crippen LogP contribution in [0.5, 0.6) is 5.75 Å². The van der Waals surface area contributed by atoms with Crippen molar-refractivity contribution in [3.63, 3.8) is 0 Å². The molecule has 0 bridgehead atoms. The number of nitrogens with zero attached hydrogens (tertiary/aromatic N) is 3. The average Bonchev–Trinajstić information content (AvgIpc) is 2.78. The lowest BCUT2D eigenvalue weighted by atomic mass is 9.63. The Kier molecular flexibility index (Phi) is 6.51. The van der Waals surface area contributed by atoms with Crippen molar-refractivity contribution < 1.29 is 10.2 Å². The van der Waals surface area contributed by atoms with Crippen LogP contribution in [0.3, 0.4) is 0 Å². The largest absolute Gasteiger partial charge is 0.506 e. The second kappa shape index (κ2) is 9.03. The van der Waals surface area contributed by atoms with Gasteiger partial charge in [-0.15, -0.1) is 0 Å². The van der Waals surface area contributed by atoms with Crippen LogP contribution < -0.4 is 4.90 Å². The van der Waals surface area contributed by atoms with Gasteiger partial charge in [-0.1, -0.05) is 39.8 Å². The van der Waals surface area contributed by atoms with E-state index in [9.17, 15) is 5.11 Å². The SMILES string of the molecule is CC1(C)CCC(C)(C)c2cc(-c3nc(N4CCN(CCCCO)CC4)ccc3O)ccc21. The lowest BCUT2D eigenvalue weighted by Gasteiger charge is -2.42. The summed E-state index contributed by atoms with van der Waals surface area (Å²) < 4.78 is 0. The van der Waals surface area contributed by atoms with E-state index in [2.05, 4.69) is 55.7 Å². The second-order valence-electron chi connectivity index (χ2n) is 10.8. The van der Waals surface area contributed by atoms with E-state index in [0.717, 1.165) is 56.9 Å². The minimum absolute atomic E-state index is 0.125. The zero-order chi connectivity index (χ0) is 22.9. The van der Waals surface area contributed by atoms with Crippen LogP contribution in [0, 0.1) is 0 Å². The Morgan fingerprint density at radius 1 is 0.875 bits per heavy atom. The third-order valence-corrected chi connectivity index (χ3v) is 7.56. The number of aliphatic hydroxyl groups is 1. The van der Waals surface area contributed by atoms with Crippen LogP contribution >= 0.6 is 0 Å². The number of pyridine rings is 1. The molecular weight excluding hydrogens is 398 g/mol. The minimum Gasteiger partial charge on any atom is -0.506 e. The van der Waals surface area contributed by atoms with E-state index in [-0.39, 0.29) is 23.2 Å². The summed E-state index contributed by atoms with van der Waals surface area (Å²) in [6, 6.07) is 10.4. The van der Waals surface area contributed by atoms with Crippen LogP contribution in [0.15, 0.2) is 30.3 Å². The Morgan fingerprint density at radius 2 is 1.56 bits per heavy atom. The molecule has 5 nitrogen and oxygen atoms in total. The molecule has 1 aliphatic heterocycles. The number of aromatic nitrogens is 1. The molecule has 0 atom stereocenters. The first kappa shape index (κ1) is 23.1. The van der Waals surface area contributed by atoms with Gasteiger partial charge in [0.25, 0.3) is 0 Å². The molecule has 0 amide bonds. The van der Waals surface area contributed by atoms with Crippen molar-refractivity contribution in [2.24, 2.45) is 0 Å². The number of hydrogen-bond acceptors (Lipinski definition) is 5. The molecule has 0 spiro atoms. The van der Waals surface area contributed by atoms with Gasteiger partial charge in [0.1, 0.15) is 17.3 Å². The van der Waals surface area contributed by atoms with Gasteiger partial charge in [0.15, 0.2) is 0 Å². The van der Waals surface area contributed by atoms with Gasteiger partial charge in [-0.3, -0.25) is 4.90 Å². The summed E-state index contributed by atoms with van der Waals surface area (Å²) in [6.45, 7) is 14.5. The van der Waals surface area contributed by atoms with Gasteiger partial charge in [-0.2, -0.15) is 0 Å². The first-order valence-electron chi connectivity index (χ1n) is 12.1. The molecule has 4 rings (SSSR count). The molecule has 2 heterocycles. The molecule has 0 radical (unpaired) electrons. The summed E-state index contributed by atoms with van der Waals surface area (Å²) in [7, 11) is 0. The molecule has 5 heteroatoms. The topological polar surface area (TPSA) is 59.8 Å². The molecule has 0 unspecified atom stereocenters. The van der Waals surface area contributed by atoms with E-state index in [1.807, 2.05) is 6.07 Å². The van der Waals surface area contributed by atoms with Crippen LogP contribution in [-0.4, -0.2) is 59.4 Å². The third kappa shape index (κ3) is 4.65. The molecule has 2 N–H and O–H groups in total. The monoisotopic (exact) mass is 437 g/mol. The van der Waals surface area contributed by atoms with Crippen molar-refractivity contribution in [2.45, 2.75) is 64.2 Å². The fraction of sp³-hybridized carbons (Fsp3) is 0.593. The quantitative estimate of drug-likeness (QED) is 0.642. The van der Waals surface area contributed by atoms with Gasteiger partial charge in [0.2, 0.25) is 0 Å². The average molecular weight is 438 g/mol. The highest BCUT2D eigenvalue weighted by Gasteiger charge is 2.37. The number of hydrogen-bond donors (Lipinski definition) is 2. The van der Waals surface area contributed by atoms with Crippen molar-refractivity contribution >= 4 is 5.82 Å². The highest BCUT2D eigenvalue weighted by molar-refractivity contribution is 5.70. The van der Waals surface area contributed by atoms with E-state index in [1.165, 1.54) is 24.0 Å². The van der Waals surface area contributed by atoms with Crippen LogP contribution in [0.25, 0.3) is 11.3 Å². The molecule has 1 aliphatic carbocycles. The molecule has 1 saturated heterocycles. The van der Waals surface area contributed by atoms with E-state index in [4.69, 9.17) is 10.1 Å². The molecule has 1 aromatic carbocycles. The maximum absolute atomic E-state index is 10.7. The number of anilines is 1. The number of piperazine rings is 1. The fourth-order valence-corrected chi connectivity index (χ4v) is 5.21. The van der Waals surface area contributed by atoms with Gasteiger partial charge < -0.3 is 15.1 Å². The fourth-order valence-electron chi connectivity index (χ4n) is 5.21. The van der Waals surface area contributed by atoms with Gasteiger partial charge in [-0.25, -0.2) is 4.98 Å². The van der Waals surface area contributed by atoms with Crippen molar-refractivity contribution in [1.82, 2.24) is 9.88 Å². The van der Waals surface area contributed by atoms with Crippen LogP contribution in [-0.2, 0) is 10.8 Å². The summed E-state index contributed by atoms with van der Waals surface area (Å²) >= 11 is 0. The van der Waals surface area contributed by atoms with E-state index in [1.54, 1.807) is 6.07 Å². The normalized spacial score (nSPS) is 20.2. The Labute approximate surface area is 193 Å². The smallest absolute Gasteiger partial charge is 0.142 e. The molecule has 2 aromatic rings. The predicted octanol–water partition coefficient (Wildman–Crippen LogP) is 4.70. The first-order chi connectivity index (χ1) is 15.2. The molecule has 0 saturated carbocycles. The number of fused-ring (bicyclic) bond motifs is 1. The Morgan fingerprint density at radius 3 is 2.25 bits per heavy atom. The molecule has 1 fully saturated rings. The minimum atomic E-state index is 0.125. The lowest BCUT2D eigenvalue weighted by molar-refractivity contribution is 0.232. The molecule has 1 aromatic heterocycles. The van der Waals surface area contributed by atoms with Gasteiger partial charge in [-0.05, 0) is 72.4 Å². The van der Waals surface area contributed by atoms with E-state index >= 15 is 0 Å². The van der Waals surface area contributed by atoms with Gasteiger partial charge >= 0.3 is 0 Å². The first-order valence-corrected chi connectivity index (χ1v) is 12.1. The number of unbranched alkanes of at least 4 members (excludes halogenated alkanes) is 1. The third-order valence-electron chi connectivity index (χ3n) is 7.56. The molecule has 2 aliphatic rings. The Hall–Kier alpha value is -2.11. The highest BCUT2D eigenvalue weighted by Crippen LogP contribution is 2.47. The van der Waals surface area contributed by atoms with Crippen LogP contribution in [0.1, 0.15) is 64.5 Å². The summed E-state index contributed by atoms with van der Waals surface area (Å²) in [4.78, 5) is 9.70. The zero-order valence-electron chi connectivity index (χ0n) is 20.2. The van der Waals surface area contributed by atoms with Crippen molar-refractivity contribution in [3.8, 4) is 17.0 Å². The maximum Gasteiger partial charge on any atom is 0.142 e. The molecule has 32 heavy (non-hydrogen) atoms.